The summed E-state index contributed by atoms with van der Waals surface area (Å²) in [4.78, 5) is 25.0. The first-order valence-electron chi connectivity index (χ1n) is 16.0. The number of phenolic OH excluding ortho intramolecular Hbond substituents is 1. The number of anilines is 2. The number of nitrogens with one attached hydrogen (secondary N) is 2. The van der Waals surface area contributed by atoms with Gasteiger partial charge in [-0.3, -0.25) is 9.44 Å². The molecular weight excluding hydrogens is 847 g/mol. The summed E-state index contributed by atoms with van der Waals surface area (Å²) in [5.74, 6) is -3.98. The molecule has 0 fully saturated rings. The van der Waals surface area contributed by atoms with Crippen LogP contribution in [0.1, 0.15) is 20.7 Å². The van der Waals surface area contributed by atoms with E-state index in [9.17, 15) is 41.0 Å². The molecule has 0 saturated carbocycles. The summed E-state index contributed by atoms with van der Waals surface area (Å²) in [6.07, 6.45) is 0. The first kappa shape index (κ1) is 40.8. The Kier molecular flexibility index (Phi) is 11.7. The fourth-order valence-electron chi connectivity index (χ4n) is 5.48. The summed E-state index contributed by atoms with van der Waals surface area (Å²) in [5, 5.41) is 20.9. The van der Waals surface area contributed by atoms with Crippen LogP contribution in [-0.2, 0) is 20.0 Å². The highest BCUT2D eigenvalue weighted by atomic mass is 35.5. The van der Waals surface area contributed by atoms with Gasteiger partial charge in [0.05, 0.1) is 30.5 Å². The van der Waals surface area contributed by atoms with Gasteiger partial charge in [-0.15, -0.1) is 11.3 Å². The van der Waals surface area contributed by atoms with E-state index < -0.39 is 60.4 Å². The molecule has 0 unspecified atom stereocenters. The smallest absolute Gasteiger partial charge is 0.347 e. The van der Waals surface area contributed by atoms with Gasteiger partial charge in [0.15, 0.2) is 0 Å². The number of halogens is 3. The standard InChI is InChI=1S/C38H27Cl2FN2O11S3/c1-52-32-13-7-22(41)16-28(32)20-4-3-5-25(14-20)56(48,49)42-24-9-11-27(37(45)46)34(18-24)54-38(47)26-10-8-23(17-31(26)44)43-57(50,51)35-19-30(36(40)55-35)29-15-21(39)6-12-33(29)53-2/h3-19,42-44H,1-2H3,(H,45,46). The molecule has 0 saturated heterocycles. The van der Waals surface area contributed by atoms with E-state index in [-0.39, 0.29) is 24.8 Å². The lowest BCUT2D eigenvalue weighted by Crippen LogP contribution is -2.15. The number of thiophene rings is 1. The summed E-state index contributed by atoms with van der Waals surface area (Å²) >= 11 is 13.3. The van der Waals surface area contributed by atoms with Gasteiger partial charge in [0.2, 0.25) is 0 Å². The molecule has 0 atom stereocenters. The molecule has 0 bridgehead atoms. The summed E-state index contributed by atoms with van der Waals surface area (Å²) in [6, 6.07) is 21.6. The van der Waals surface area contributed by atoms with E-state index in [0.29, 0.717) is 38.8 Å². The van der Waals surface area contributed by atoms with Crippen molar-refractivity contribution >= 4 is 77.9 Å². The van der Waals surface area contributed by atoms with Gasteiger partial charge in [-0.2, -0.15) is 0 Å². The number of aromatic carboxylic acids is 1. The van der Waals surface area contributed by atoms with Gasteiger partial charge in [0.1, 0.15) is 48.5 Å². The van der Waals surface area contributed by atoms with Crippen LogP contribution in [0.25, 0.3) is 22.3 Å². The van der Waals surface area contributed by atoms with Crippen LogP contribution in [0.3, 0.4) is 0 Å². The first-order chi connectivity index (χ1) is 27.0. The first-order valence-corrected chi connectivity index (χ1v) is 20.6. The zero-order valence-corrected chi connectivity index (χ0v) is 33.2. The lowest BCUT2D eigenvalue weighted by atomic mass is 10.0. The quantitative estimate of drug-likeness (QED) is 0.0640. The van der Waals surface area contributed by atoms with Crippen molar-refractivity contribution < 1.29 is 55.2 Å². The number of ether oxygens (including phenoxy) is 3. The number of rotatable bonds is 13. The fourth-order valence-corrected chi connectivity index (χ4v) is 9.55. The number of carbonyl (C=O) groups is 2. The maximum Gasteiger partial charge on any atom is 0.347 e. The van der Waals surface area contributed by atoms with Crippen molar-refractivity contribution in [2.45, 2.75) is 9.10 Å². The largest absolute Gasteiger partial charge is 0.507 e. The predicted molar refractivity (Wildman–Crippen MR) is 213 cm³/mol. The molecule has 0 aliphatic heterocycles. The second-order valence-corrected chi connectivity index (χ2v) is 17.5. The van der Waals surface area contributed by atoms with Crippen LogP contribution in [0, 0.1) is 5.82 Å². The van der Waals surface area contributed by atoms with Crippen LogP contribution in [0.5, 0.6) is 23.0 Å². The summed E-state index contributed by atoms with van der Waals surface area (Å²) < 4.78 is 88.0. The average Bonchev–Trinajstić information content (AvgIpc) is 3.56. The minimum absolute atomic E-state index is 0.130. The highest BCUT2D eigenvalue weighted by molar-refractivity contribution is 7.94. The Morgan fingerprint density at radius 2 is 1.35 bits per heavy atom. The molecule has 5 aromatic carbocycles. The number of carboxylic acid groups (broad SMARTS) is 1. The van der Waals surface area contributed by atoms with Gasteiger partial charge in [-0.25, -0.2) is 30.8 Å². The van der Waals surface area contributed by atoms with E-state index in [1.165, 1.54) is 56.7 Å². The molecule has 57 heavy (non-hydrogen) atoms. The minimum Gasteiger partial charge on any atom is -0.507 e. The van der Waals surface area contributed by atoms with Crippen LogP contribution < -0.4 is 23.7 Å². The highest BCUT2D eigenvalue weighted by Gasteiger charge is 2.25. The van der Waals surface area contributed by atoms with Crippen molar-refractivity contribution in [1.82, 2.24) is 0 Å². The number of sulfonamides is 2. The van der Waals surface area contributed by atoms with Crippen LogP contribution in [0.15, 0.2) is 112 Å². The summed E-state index contributed by atoms with van der Waals surface area (Å²) in [6.45, 7) is 0. The Morgan fingerprint density at radius 1 is 0.702 bits per heavy atom. The number of carboxylic acids is 1. The van der Waals surface area contributed by atoms with Crippen molar-refractivity contribution in [2.24, 2.45) is 0 Å². The van der Waals surface area contributed by atoms with Gasteiger partial charge in [-0.05, 0) is 84.4 Å². The second-order valence-electron chi connectivity index (χ2n) is 11.8. The van der Waals surface area contributed by atoms with E-state index in [1.807, 2.05) is 0 Å². The minimum atomic E-state index is -4.36. The highest BCUT2D eigenvalue weighted by Crippen LogP contribution is 2.43. The second kappa shape index (κ2) is 16.3. The van der Waals surface area contributed by atoms with E-state index >= 15 is 0 Å². The molecule has 0 spiro atoms. The van der Waals surface area contributed by atoms with Crippen molar-refractivity contribution in [1.29, 1.82) is 0 Å². The van der Waals surface area contributed by atoms with Crippen LogP contribution in [-0.4, -0.2) is 53.2 Å². The third-order valence-electron chi connectivity index (χ3n) is 8.13. The van der Waals surface area contributed by atoms with Crippen LogP contribution in [0.2, 0.25) is 9.36 Å². The van der Waals surface area contributed by atoms with E-state index in [2.05, 4.69) is 9.44 Å². The average molecular weight is 874 g/mol. The molecule has 0 amide bonds. The summed E-state index contributed by atoms with van der Waals surface area (Å²) in [7, 11) is -5.83. The molecule has 0 aliphatic carbocycles. The number of hydrogen-bond donors (Lipinski definition) is 4. The zero-order chi connectivity index (χ0) is 41.2. The number of carbonyl (C=O) groups excluding carboxylic acids is 1. The molecule has 4 N–H and O–H groups in total. The Balaban J connectivity index is 1.21. The molecule has 294 valence electrons. The van der Waals surface area contributed by atoms with Crippen molar-refractivity contribution in [3.05, 3.63) is 129 Å². The number of benzene rings is 5. The van der Waals surface area contributed by atoms with Crippen LogP contribution >= 0.6 is 34.5 Å². The van der Waals surface area contributed by atoms with Gasteiger partial charge in [0, 0.05) is 33.8 Å². The number of aromatic hydroxyl groups is 1. The maximum absolute atomic E-state index is 14.0. The Hall–Kier alpha value is -5.85. The van der Waals surface area contributed by atoms with E-state index in [4.69, 9.17) is 37.4 Å². The van der Waals surface area contributed by atoms with E-state index in [0.717, 1.165) is 47.7 Å². The Bertz CT molecular complexity index is 2800. The molecule has 13 nitrogen and oxygen atoms in total. The third-order valence-corrected chi connectivity index (χ3v) is 13.0. The van der Waals surface area contributed by atoms with Gasteiger partial charge in [-0.1, -0.05) is 35.3 Å². The zero-order valence-electron chi connectivity index (χ0n) is 29.2. The molecule has 0 aliphatic rings. The number of hydrogen-bond acceptors (Lipinski definition) is 11. The normalized spacial score (nSPS) is 11.5. The van der Waals surface area contributed by atoms with Crippen LogP contribution in [0.4, 0.5) is 15.8 Å². The van der Waals surface area contributed by atoms with Crippen molar-refractivity contribution in [3.8, 4) is 45.3 Å². The number of esters is 1. The maximum atomic E-state index is 14.0. The van der Waals surface area contributed by atoms with Crippen molar-refractivity contribution in [3.63, 3.8) is 0 Å². The molecule has 19 heteroatoms. The fraction of sp³-hybridized carbons (Fsp3) is 0.0526. The molecular formula is C38H27Cl2FN2O11S3. The molecule has 6 aromatic rings. The van der Waals surface area contributed by atoms with Gasteiger partial charge < -0.3 is 24.4 Å². The van der Waals surface area contributed by atoms with Crippen molar-refractivity contribution in [2.75, 3.05) is 23.7 Å². The molecule has 6 rings (SSSR count). The Morgan fingerprint density at radius 3 is 2.04 bits per heavy atom. The summed E-state index contributed by atoms with van der Waals surface area (Å²) in [5.41, 5.74) is 0.0458. The number of methoxy groups -OCH3 is 2. The third kappa shape index (κ3) is 8.92. The van der Waals surface area contributed by atoms with Gasteiger partial charge in [0.25, 0.3) is 20.0 Å². The monoisotopic (exact) mass is 872 g/mol. The molecule has 0 radical (unpaired) electrons. The number of phenols is 1. The topological polar surface area (TPSA) is 195 Å². The van der Waals surface area contributed by atoms with E-state index in [1.54, 1.807) is 24.3 Å². The SMILES string of the molecule is COc1ccc(F)cc1-c1cccc(S(=O)(=O)Nc2ccc(C(=O)O)c(OC(=O)c3ccc(NS(=O)(=O)c4cc(-c5cc(Cl)ccc5OC)c(Cl)s4)cc3O)c2)c1. The lowest BCUT2D eigenvalue weighted by molar-refractivity contribution is 0.0681. The van der Waals surface area contributed by atoms with Gasteiger partial charge >= 0.3 is 11.9 Å². The lowest BCUT2D eigenvalue weighted by Gasteiger charge is -2.14. The predicted octanol–water partition coefficient (Wildman–Crippen LogP) is 8.77. The molecule has 1 heterocycles. The Labute approximate surface area is 338 Å². The molecule has 1 aromatic heterocycles.